The van der Waals surface area contributed by atoms with Crippen LogP contribution in [0.15, 0.2) is 57.9 Å². The fourth-order valence-corrected chi connectivity index (χ4v) is 5.63. The summed E-state index contributed by atoms with van der Waals surface area (Å²) >= 11 is 0. The number of nitrogens with one attached hydrogen (secondary N) is 1. The molecule has 1 fully saturated rings. The second kappa shape index (κ2) is 9.86. The number of anilines is 1. The van der Waals surface area contributed by atoms with E-state index >= 15 is 0 Å². The average Bonchev–Trinajstić information content (AvgIpc) is 3.21. The molecule has 2 aromatic carbocycles. The SMILES string of the molecule is Cc1noc(/C=C/c2ccccc2F)c1S(=O)(=O)N1CCC[C@@H](C(=O)Nc2ccc(F)cc2)C1. The maximum absolute atomic E-state index is 13.9. The van der Waals surface area contributed by atoms with E-state index in [1.165, 1.54) is 53.7 Å². The molecule has 1 aliphatic heterocycles. The van der Waals surface area contributed by atoms with E-state index in [1.54, 1.807) is 18.2 Å². The first kappa shape index (κ1) is 23.8. The Kier molecular flexibility index (Phi) is 6.90. The summed E-state index contributed by atoms with van der Waals surface area (Å²) in [6.45, 7) is 1.74. The number of piperidine rings is 1. The Morgan fingerprint density at radius 3 is 2.62 bits per heavy atom. The van der Waals surface area contributed by atoms with Crippen LogP contribution in [0, 0.1) is 24.5 Å². The first-order valence-corrected chi connectivity index (χ1v) is 12.1. The summed E-state index contributed by atoms with van der Waals surface area (Å²) in [7, 11) is -4.04. The Labute approximate surface area is 196 Å². The molecule has 1 aliphatic rings. The van der Waals surface area contributed by atoms with Gasteiger partial charge in [0.25, 0.3) is 0 Å². The lowest BCUT2D eigenvalue weighted by molar-refractivity contribution is -0.120. The Bertz CT molecular complexity index is 1320. The Morgan fingerprint density at radius 1 is 1.15 bits per heavy atom. The van der Waals surface area contributed by atoms with E-state index in [4.69, 9.17) is 4.52 Å². The second-order valence-corrected chi connectivity index (χ2v) is 9.89. The fraction of sp³-hybridized carbons (Fsp3) is 0.250. The molecule has 7 nitrogen and oxygen atoms in total. The second-order valence-electron chi connectivity index (χ2n) is 8.01. The molecule has 178 valence electrons. The summed E-state index contributed by atoms with van der Waals surface area (Å²) < 4.78 is 60.5. The van der Waals surface area contributed by atoms with Crippen molar-refractivity contribution in [3.8, 4) is 0 Å². The predicted octanol–water partition coefficient (Wildman–Crippen LogP) is 4.47. The number of amides is 1. The maximum Gasteiger partial charge on any atom is 0.248 e. The van der Waals surface area contributed by atoms with Crippen LogP contribution in [-0.4, -0.2) is 36.9 Å². The summed E-state index contributed by atoms with van der Waals surface area (Å²) in [4.78, 5) is 12.6. The molecule has 4 rings (SSSR count). The molecule has 3 aromatic rings. The third-order valence-corrected chi connectivity index (χ3v) is 7.64. The number of aryl methyl sites for hydroxylation is 1. The average molecular weight is 488 g/mol. The van der Waals surface area contributed by atoms with Gasteiger partial charge in [-0.25, -0.2) is 17.2 Å². The molecular weight excluding hydrogens is 464 g/mol. The minimum absolute atomic E-state index is 0.0151. The minimum atomic E-state index is -4.04. The predicted molar refractivity (Wildman–Crippen MR) is 123 cm³/mol. The van der Waals surface area contributed by atoms with Gasteiger partial charge in [-0.1, -0.05) is 23.4 Å². The van der Waals surface area contributed by atoms with Crippen molar-refractivity contribution in [3.05, 3.63) is 77.2 Å². The standard InChI is InChI=1S/C24H23F2N3O4S/c1-16-23(22(33-28-16)13-8-17-5-2-3-7-21(17)26)34(31,32)29-14-4-6-18(15-29)24(30)27-20-11-9-19(25)10-12-20/h2-3,5,7-13,18H,4,6,14-15H2,1H3,(H,27,30)/b13-8+/t18-/m1/s1. The van der Waals surface area contributed by atoms with Gasteiger partial charge in [0, 0.05) is 24.3 Å². The van der Waals surface area contributed by atoms with Crippen molar-refractivity contribution in [1.29, 1.82) is 0 Å². The van der Waals surface area contributed by atoms with Crippen molar-refractivity contribution in [3.63, 3.8) is 0 Å². The first-order chi connectivity index (χ1) is 16.3. The van der Waals surface area contributed by atoms with Crippen LogP contribution in [0.1, 0.15) is 29.9 Å². The molecular formula is C24H23F2N3O4S. The van der Waals surface area contributed by atoms with Crippen molar-refractivity contribution in [2.75, 3.05) is 18.4 Å². The van der Waals surface area contributed by atoms with Crippen LogP contribution in [0.5, 0.6) is 0 Å². The molecule has 0 saturated carbocycles. The summed E-state index contributed by atoms with van der Waals surface area (Å²) in [5, 5.41) is 6.50. The Balaban J connectivity index is 1.54. The summed E-state index contributed by atoms with van der Waals surface area (Å²) in [5.41, 5.74) is 0.878. The molecule has 1 N–H and O–H groups in total. The Hall–Kier alpha value is -3.37. The van der Waals surface area contributed by atoms with E-state index in [0.717, 1.165) is 0 Å². The normalized spacial score (nSPS) is 17.2. The fourth-order valence-electron chi connectivity index (χ4n) is 3.86. The first-order valence-electron chi connectivity index (χ1n) is 10.7. The van der Waals surface area contributed by atoms with Crippen molar-refractivity contribution < 1.29 is 26.5 Å². The van der Waals surface area contributed by atoms with Crippen LogP contribution < -0.4 is 5.32 Å². The van der Waals surface area contributed by atoms with Gasteiger partial charge in [-0.15, -0.1) is 0 Å². The van der Waals surface area contributed by atoms with Crippen molar-refractivity contribution in [2.24, 2.45) is 5.92 Å². The highest BCUT2D eigenvalue weighted by Crippen LogP contribution is 2.30. The lowest BCUT2D eigenvalue weighted by atomic mass is 9.99. The van der Waals surface area contributed by atoms with Gasteiger partial charge in [0.05, 0.1) is 5.92 Å². The topological polar surface area (TPSA) is 92.5 Å². The van der Waals surface area contributed by atoms with Gasteiger partial charge in [0.2, 0.25) is 15.9 Å². The van der Waals surface area contributed by atoms with Gasteiger partial charge in [-0.05, 0) is 62.2 Å². The van der Waals surface area contributed by atoms with E-state index in [0.29, 0.717) is 18.5 Å². The number of halogens is 2. The number of aromatic nitrogens is 1. The summed E-state index contributed by atoms with van der Waals surface area (Å²) in [5.74, 6) is -1.81. The van der Waals surface area contributed by atoms with E-state index in [2.05, 4.69) is 10.5 Å². The van der Waals surface area contributed by atoms with Gasteiger partial charge in [0.1, 0.15) is 17.3 Å². The highest BCUT2D eigenvalue weighted by Gasteiger charge is 2.37. The third-order valence-electron chi connectivity index (χ3n) is 5.62. The highest BCUT2D eigenvalue weighted by atomic mass is 32.2. The van der Waals surface area contributed by atoms with Gasteiger partial charge in [0.15, 0.2) is 10.7 Å². The van der Waals surface area contributed by atoms with Gasteiger partial charge in [-0.2, -0.15) is 4.31 Å². The molecule has 34 heavy (non-hydrogen) atoms. The van der Waals surface area contributed by atoms with Gasteiger partial charge >= 0.3 is 0 Å². The van der Waals surface area contributed by atoms with Crippen LogP contribution in [0.25, 0.3) is 12.2 Å². The summed E-state index contributed by atoms with van der Waals surface area (Å²) in [6.07, 6.45) is 3.80. The smallest absolute Gasteiger partial charge is 0.248 e. The Morgan fingerprint density at radius 2 is 1.88 bits per heavy atom. The monoisotopic (exact) mass is 487 g/mol. The molecule has 0 aliphatic carbocycles. The molecule has 0 bridgehead atoms. The highest BCUT2D eigenvalue weighted by molar-refractivity contribution is 7.89. The molecule has 0 unspecified atom stereocenters. The minimum Gasteiger partial charge on any atom is -0.355 e. The molecule has 0 radical (unpaired) electrons. The van der Waals surface area contributed by atoms with Gasteiger partial charge < -0.3 is 9.84 Å². The van der Waals surface area contributed by atoms with E-state index in [-0.39, 0.29) is 40.9 Å². The van der Waals surface area contributed by atoms with Crippen LogP contribution >= 0.6 is 0 Å². The van der Waals surface area contributed by atoms with Crippen molar-refractivity contribution in [2.45, 2.75) is 24.7 Å². The molecule has 1 amide bonds. The zero-order valence-electron chi connectivity index (χ0n) is 18.4. The van der Waals surface area contributed by atoms with Gasteiger partial charge in [-0.3, -0.25) is 4.79 Å². The number of benzene rings is 2. The molecule has 1 saturated heterocycles. The molecule has 2 heterocycles. The quantitative estimate of drug-likeness (QED) is 0.554. The lowest BCUT2D eigenvalue weighted by Crippen LogP contribution is -2.43. The number of carbonyl (C=O) groups is 1. The van der Waals surface area contributed by atoms with E-state index in [1.807, 2.05) is 0 Å². The number of hydrogen-bond donors (Lipinski definition) is 1. The van der Waals surface area contributed by atoms with E-state index in [9.17, 15) is 22.0 Å². The summed E-state index contributed by atoms with van der Waals surface area (Å²) in [6, 6.07) is 11.4. The van der Waals surface area contributed by atoms with Crippen molar-refractivity contribution in [1.82, 2.24) is 9.46 Å². The van der Waals surface area contributed by atoms with Crippen molar-refractivity contribution >= 4 is 33.8 Å². The number of nitrogens with zero attached hydrogens (tertiary/aromatic N) is 2. The van der Waals surface area contributed by atoms with E-state index < -0.39 is 27.6 Å². The molecule has 10 heteroatoms. The number of sulfonamides is 1. The van der Waals surface area contributed by atoms with Crippen LogP contribution in [-0.2, 0) is 14.8 Å². The van der Waals surface area contributed by atoms with Crippen LogP contribution in [0.4, 0.5) is 14.5 Å². The number of rotatable bonds is 6. The van der Waals surface area contributed by atoms with Crippen LogP contribution in [0.2, 0.25) is 0 Å². The zero-order chi connectivity index (χ0) is 24.3. The zero-order valence-corrected chi connectivity index (χ0v) is 19.2. The molecule has 1 atom stereocenters. The lowest BCUT2D eigenvalue weighted by Gasteiger charge is -2.31. The molecule has 0 spiro atoms. The number of hydrogen-bond acceptors (Lipinski definition) is 5. The maximum atomic E-state index is 13.9. The number of carbonyl (C=O) groups excluding carboxylic acids is 1. The molecule has 1 aromatic heterocycles. The third kappa shape index (κ3) is 5.07. The largest absolute Gasteiger partial charge is 0.355 e. The van der Waals surface area contributed by atoms with Crippen LogP contribution in [0.3, 0.4) is 0 Å².